The van der Waals surface area contributed by atoms with Gasteiger partial charge in [-0.15, -0.1) is 0 Å². The van der Waals surface area contributed by atoms with Crippen molar-refractivity contribution in [3.8, 4) is 0 Å². The van der Waals surface area contributed by atoms with Crippen LogP contribution in [0.3, 0.4) is 0 Å². The SMILES string of the molecule is COC(=O)CN(C(=O)Nc1cccc(C(C)O)c1)C(C)C. The molecule has 1 atom stereocenters. The number of hydrogen-bond acceptors (Lipinski definition) is 4. The fourth-order valence-corrected chi connectivity index (χ4v) is 1.76. The summed E-state index contributed by atoms with van der Waals surface area (Å²) < 4.78 is 4.59. The van der Waals surface area contributed by atoms with Gasteiger partial charge in [-0.1, -0.05) is 12.1 Å². The summed E-state index contributed by atoms with van der Waals surface area (Å²) in [6.07, 6.45) is -0.613. The molecule has 0 aromatic heterocycles. The van der Waals surface area contributed by atoms with Gasteiger partial charge in [-0.3, -0.25) is 4.79 Å². The van der Waals surface area contributed by atoms with Gasteiger partial charge in [-0.2, -0.15) is 0 Å². The largest absolute Gasteiger partial charge is 0.468 e. The van der Waals surface area contributed by atoms with Crippen LogP contribution in [0, 0.1) is 0 Å². The summed E-state index contributed by atoms with van der Waals surface area (Å²) in [7, 11) is 1.28. The molecular formula is C15H22N2O4. The van der Waals surface area contributed by atoms with Crippen molar-refractivity contribution in [2.75, 3.05) is 19.0 Å². The lowest BCUT2D eigenvalue weighted by atomic mass is 10.1. The van der Waals surface area contributed by atoms with E-state index in [0.29, 0.717) is 11.3 Å². The Morgan fingerprint density at radius 1 is 1.33 bits per heavy atom. The van der Waals surface area contributed by atoms with E-state index in [-0.39, 0.29) is 12.6 Å². The average molecular weight is 294 g/mol. The molecule has 0 aliphatic carbocycles. The van der Waals surface area contributed by atoms with Gasteiger partial charge in [-0.05, 0) is 38.5 Å². The minimum atomic E-state index is -0.613. The Morgan fingerprint density at radius 3 is 2.52 bits per heavy atom. The van der Waals surface area contributed by atoms with Crippen molar-refractivity contribution >= 4 is 17.7 Å². The predicted octanol–water partition coefficient (Wildman–Crippen LogP) is 2.16. The van der Waals surface area contributed by atoms with Gasteiger partial charge in [-0.25, -0.2) is 4.79 Å². The van der Waals surface area contributed by atoms with Crippen LogP contribution in [-0.4, -0.2) is 41.7 Å². The zero-order valence-corrected chi connectivity index (χ0v) is 12.8. The standard InChI is InChI=1S/C15H22N2O4/c1-10(2)17(9-14(19)21-4)15(20)16-13-7-5-6-12(8-13)11(3)18/h5-8,10-11,18H,9H2,1-4H3,(H,16,20). The van der Waals surface area contributed by atoms with E-state index < -0.39 is 18.1 Å². The number of carbonyl (C=O) groups excluding carboxylic acids is 2. The summed E-state index contributed by atoms with van der Waals surface area (Å²) in [6, 6.07) is 6.40. The van der Waals surface area contributed by atoms with Crippen molar-refractivity contribution in [3.05, 3.63) is 29.8 Å². The molecule has 0 spiro atoms. The first-order valence-corrected chi connectivity index (χ1v) is 6.77. The summed E-state index contributed by atoms with van der Waals surface area (Å²) >= 11 is 0. The van der Waals surface area contributed by atoms with Crippen LogP contribution >= 0.6 is 0 Å². The number of esters is 1. The monoisotopic (exact) mass is 294 g/mol. The molecule has 6 nitrogen and oxygen atoms in total. The van der Waals surface area contributed by atoms with E-state index >= 15 is 0 Å². The third kappa shape index (κ3) is 5.07. The number of aliphatic hydroxyl groups is 1. The number of nitrogens with zero attached hydrogens (tertiary/aromatic N) is 1. The zero-order chi connectivity index (χ0) is 16.0. The Kier molecular flexibility index (Phi) is 6.17. The Balaban J connectivity index is 2.81. The maximum atomic E-state index is 12.2. The van der Waals surface area contributed by atoms with Crippen molar-refractivity contribution in [1.29, 1.82) is 0 Å². The number of ether oxygens (including phenoxy) is 1. The molecule has 0 aliphatic heterocycles. The minimum Gasteiger partial charge on any atom is -0.468 e. The lowest BCUT2D eigenvalue weighted by Gasteiger charge is -2.25. The van der Waals surface area contributed by atoms with Crippen LogP contribution in [0.15, 0.2) is 24.3 Å². The first kappa shape index (κ1) is 17.0. The number of amides is 2. The highest BCUT2D eigenvalue weighted by Gasteiger charge is 2.20. The van der Waals surface area contributed by atoms with Crippen molar-refractivity contribution in [1.82, 2.24) is 4.90 Å². The van der Waals surface area contributed by atoms with Crippen molar-refractivity contribution < 1.29 is 19.4 Å². The highest BCUT2D eigenvalue weighted by molar-refractivity contribution is 5.91. The van der Waals surface area contributed by atoms with Gasteiger partial charge in [0.25, 0.3) is 0 Å². The van der Waals surface area contributed by atoms with E-state index in [0.717, 1.165) is 0 Å². The van der Waals surface area contributed by atoms with Gasteiger partial charge in [0, 0.05) is 11.7 Å². The molecule has 1 aromatic carbocycles. The first-order chi connectivity index (χ1) is 9.85. The number of carbonyl (C=O) groups is 2. The van der Waals surface area contributed by atoms with E-state index in [2.05, 4.69) is 10.1 Å². The second-order valence-corrected chi connectivity index (χ2v) is 5.03. The van der Waals surface area contributed by atoms with Crippen LogP contribution in [0.25, 0.3) is 0 Å². The van der Waals surface area contributed by atoms with Crippen LogP contribution in [0.1, 0.15) is 32.4 Å². The molecule has 1 rings (SSSR count). The number of aliphatic hydroxyl groups excluding tert-OH is 1. The normalized spacial score (nSPS) is 11.9. The maximum absolute atomic E-state index is 12.2. The van der Waals surface area contributed by atoms with Gasteiger partial charge in [0.05, 0.1) is 13.2 Å². The topological polar surface area (TPSA) is 78.9 Å². The molecule has 0 aliphatic rings. The average Bonchev–Trinajstić information content (AvgIpc) is 2.44. The molecule has 2 N–H and O–H groups in total. The number of nitrogens with one attached hydrogen (secondary N) is 1. The molecule has 0 bridgehead atoms. The summed E-state index contributed by atoms with van der Waals surface area (Å²) in [6.45, 7) is 5.16. The van der Waals surface area contributed by atoms with Crippen molar-refractivity contribution in [2.24, 2.45) is 0 Å². The summed E-state index contributed by atoms with van der Waals surface area (Å²) in [5.41, 5.74) is 1.27. The molecule has 2 amide bonds. The summed E-state index contributed by atoms with van der Waals surface area (Å²) in [5.74, 6) is -0.475. The molecule has 6 heteroatoms. The third-order valence-electron chi connectivity index (χ3n) is 3.03. The quantitative estimate of drug-likeness (QED) is 0.816. The van der Waals surface area contributed by atoms with Crippen LogP contribution in [0.4, 0.5) is 10.5 Å². The zero-order valence-electron chi connectivity index (χ0n) is 12.8. The van der Waals surface area contributed by atoms with Crippen LogP contribution in [-0.2, 0) is 9.53 Å². The maximum Gasteiger partial charge on any atom is 0.325 e. The van der Waals surface area contributed by atoms with Crippen molar-refractivity contribution in [2.45, 2.75) is 32.9 Å². The second kappa shape index (κ2) is 7.64. The smallest absolute Gasteiger partial charge is 0.325 e. The van der Waals surface area contributed by atoms with E-state index in [4.69, 9.17) is 0 Å². The fourth-order valence-electron chi connectivity index (χ4n) is 1.76. The molecule has 1 unspecified atom stereocenters. The molecule has 0 heterocycles. The van der Waals surface area contributed by atoms with Gasteiger partial charge in [0.1, 0.15) is 6.54 Å². The Hall–Kier alpha value is -2.08. The fraction of sp³-hybridized carbons (Fsp3) is 0.467. The molecule has 0 saturated heterocycles. The van der Waals surface area contributed by atoms with Crippen LogP contribution in [0.2, 0.25) is 0 Å². The predicted molar refractivity (Wildman–Crippen MR) is 80.0 cm³/mol. The number of hydrogen-bond donors (Lipinski definition) is 2. The first-order valence-electron chi connectivity index (χ1n) is 6.77. The Bertz CT molecular complexity index is 500. The summed E-state index contributed by atoms with van der Waals surface area (Å²) in [4.78, 5) is 25.0. The number of anilines is 1. The molecule has 0 radical (unpaired) electrons. The number of urea groups is 1. The Labute approximate surface area is 124 Å². The number of benzene rings is 1. The Morgan fingerprint density at radius 2 is 2.00 bits per heavy atom. The van der Waals surface area contributed by atoms with Gasteiger partial charge in [0.2, 0.25) is 0 Å². The molecule has 0 saturated carbocycles. The third-order valence-corrected chi connectivity index (χ3v) is 3.03. The second-order valence-electron chi connectivity index (χ2n) is 5.03. The summed E-state index contributed by atoms with van der Waals surface area (Å²) in [5, 5.41) is 12.3. The number of methoxy groups -OCH3 is 1. The van der Waals surface area contributed by atoms with Gasteiger partial charge in [0.15, 0.2) is 0 Å². The lowest BCUT2D eigenvalue weighted by molar-refractivity contribution is -0.141. The molecular weight excluding hydrogens is 272 g/mol. The van der Waals surface area contributed by atoms with Crippen LogP contribution < -0.4 is 5.32 Å². The van der Waals surface area contributed by atoms with Crippen LogP contribution in [0.5, 0.6) is 0 Å². The highest BCUT2D eigenvalue weighted by Crippen LogP contribution is 2.17. The molecule has 1 aromatic rings. The minimum absolute atomic E-state index is 0.115. The van der Waals surface area contributed by atoms with E-state index in [1.807, 2.05) is 13.8 Å². The van der Waals surface area contributed by atoms with Crippen molar-refractivity contribution in [3.63, 3.8) is 0 Å². The van der Waals surface area contributed by atoms with E-state index in [1.165, 1.54) is 12.0 Å². The highest BCUT2D eigenvalue weighted by atomic mass is 16.5. The molecule has 21 heavy (non-hydrogen) atoms. The lowest BCUT2D eigenvalue weighted by Crippen LogP contribution is -2.43. The number of rotatable bonds is 5. The molecule has 116 valence electrons. The van der Waals surface area contributed by atoms with E-state index in [9.17, 15) is 14.7 Å². The molecule has 0 fully saturated rings. The van der Waals surface area contributed by atoms with Gasteiger partial charge >= 0.3 is 12.0 Å². The van der Waals surface area contributed by atoms with E-state index in [1.54, 1.807) is 31.2 Å². The van der Waals surface area contributed by atoms with Gasteiger partial charge < -0.3 is 20.1 Å².